The number of rotatable bonds is 7. The summed E-state index contributed by atoms with van der Waals surface area (Å²) in [5.41, 5.74) is 6.69. The number of hydrogen-bond donors (Lipinski definition) is 2. The number of hydrogen-bond acceptors (Lipinski definition) is 4. The zero-order valence-corrected chi connectivity index (χ0v) is 14.4. The first-order valence-electron chi connectivity index (χ1n) is 7.97. The van der Waals surface area contributed by atoms with Crippen molar-refractivity contribution in [3.8, 4) is 11.5 Å². The van der Waals surface area contributed by atoms with Crippen molar-refractivity contribution in [3.63, 3.8) is 0 Å². The first-order chi connectivity index (χ1) is 12.1. The highest BCUT2D eigenvalue weighted by atomic mass is 16.5. The summed E-state index contributed by atoms with van der Waals surface area (Å²) >= 11 is 0. The van der Waals surface area contributed by atoms with Crippen LogP contribution in [0.2, 0.25) is 0 Å². The van der Waals surface area contributed by atoms with Gasteiger partial charge in [-0.25, -0.2) is 0 Å². The number of amides is 2. The van der Waals surface area contributed by atoms with E-state index < -0.39 is 5.91 Å². The molecule has 0 unspecified atom stereocenters. The Labute approximate surface area is 147 Å². The molecule has 0 saturated heterocycles. The van der Waals surface area contributed by atoms with E-state index >= 15 is 0 Å². The van der Waals surface area contributed by atoms with Crippen LogP contribution in [-0.4, -0.2) is 25.5 Å². The van der Waals surface area contributed by atoms with Gasteiger partial charge in [0, 0.05) is 6.42 Å². The molecule has 0 radical (unpaired) electrons. The first kappa shape index (κ1) is 18.3. The van der Waals surface area contributed by atoms with Crippen molar-refractivity contribution in [1.29, 1.82) is 0 Å². The number of carbonyl (C=O) groups excluding carboxylic acids is 2. The van der Waals surface area contributed by atoms with Crippen molar-refractivity contribution in [2.75, 3.05) is 13.7 Å². The van der Waals surface area contributed by atoms with Crippen molar-refractivity contribution in [2.24, 2.45) is 0 Å². The molecule has 0 aliphatic heterocycles. The van der Waals surface area contributed by atoms with Crippen molar-refractivity contribution >= 4 is 11.8 Å². The smallest absolute Gasteiger partial charge is 0.276 e. The molecule has 2 rings (SSSR count). The van der Waals surface area contributed by atoms with Crippen LogP contribution < -0.4 is 20.3 Å². The molecule has 6 nitrogen and oxygen atoms in total. The monoisotopic (exact) mass is 342 g/mol. The molecule has 0 atom stereocenters. The zero-order chi connectivity index (χ0) is 18.1. The van der Waals surface area contributed by atoms with Crippen molar-refractivity contribution in [1.82, 2.24) is 10.9 Å². The molecule has 2 aromatic rings. The topological polar surface area (TPSA) is 76.7 Å². The number of nitrogens with one attached hydrogen (secondary N) is 2. The van der Waals surface area contributed by atoms with Crippen LogP contribution in [0.4, 0.5) is 0 Å². The molecule has 6 heteroatoms. The molecule has 0 aliphatic carbocycles. The van der Waals surface area contributed by atoms with E-state index in [4.69, 9.17) is 9.47 Å². The summed E-state index contributed by atoms with van der Waals surface area (Å²) in [6.45, 7) is 1.73. The van der Waals surface area contributed by atoms with Crippen LogP contribution in [0.15, 0.2) is 48.5 Å². The van der Waals surface area contributed by atoms with Gasteiger partial charge in [-0.05, 0) is 42.7 Å². The molecule has 0 aliphatic rings. The predicted octanol–water partition coefficient (Wildman–Crippen LogP) is 2.16. The first-order valence-corrected chi connectivity index (χ1v) is 7.97. The second-order valence-corrected chi connectivity index (χ2v) is 5.50. The third kappa shape index (κ3) is 6.18. The molecular formula is C19H22N2O4. The number of hydrazine groups is 1. The zero-order valence-electron chi connectivity index (χ0n) is 14.4. The van der Waals surface area contributed by atoms with Gasteiger partial charge < -0.3 is 9.47 Å². The normalized spacial score (nSPS) is 10.0. The summed E-state index contributed by atoms with van der Waals surface area (Å²) in [4.78, 5) is 23.5. The minimum Gasteiger partial charge on any atom is -0.497 e. The Morgan fingerprint density at radius 2 is 1.64 bits per heavy atom. The lowest BCUT2D eigenvalue weighted by Gasteiger charge is -2.10. The Morgan fingerprint density at radius 3 is 2.32 bits per heavy atom. The molecule has 2 amide bonds. The van der Waals surface area contributed by atoms with Gasteiger partial charge in [0.05, 0.1) is 7.11 Å². The van der Waals surface area contributed by atoms with E-state index in [9.17, 15) is 9.59 Å². The molecule has 0 aromatic heterocycles. The van der Waals surface area contributed by atoms with Crippen LogP contribution in [-0.2, 0) is 16.0 Å². The molecule has 2 aromatic carbocycles. The second-order valence-electron chi connectivity index (χ2n) is 5.50. The fourth-order valence-electron chi connectivity index (χ4n) is 2.15. The lowest BCUT2D eigenvalue weighted by atomic mass is 10.1. The van der Waals surface area contributed by atoms with E-state index in [1.165, 1.54) is 0 Å². The van der Waals surface area contributed by atoms with Crippen LogP contribution in [0.25, 0.3) is 0 Å². The van der Waals surface area contributed by atoms with Gasteiger partial charge in [0.1, 0.15) is 11.5 Å². The Hall–Kier alpha value is -3.02. The second kappa shape index (κ2) is 9.32. The average molecular weight is 342 g/mol. The summed E-state index contributed by atoms with van der Waals surface area (Å²) in [5, 5.41) is 0. The van der Waals surface area contributed by atoms with Gasteiger partial charge in [-0.1, -0.05) is 30.3 Å². The molecule has 132 valence electrons. The van der Waals surface area contributed by atoms with Gasteiger partial charge in [0.2, 0.25) is 5.91 Å². The summed E-state index contributed by atoms with van der Waals surface area (Å²) in [5.74, 6) is 0.735. The quantitative estimate of drug-likeness (QED) is 0.756. The molecule has 0 spiro atoms. The molecule has 0 saturated carbocycles. The summed E-state index contributed by atoms with van der Waals surface area (Å²) in [7, 11) is 1.61. The van der Waals surface area contributed by atoms with Gasteiger partial charge in [-0.15, -0.1) is 0 Å². The fourth-order valence-corrected chi connectivity index (χ4v) is 2.15. The highest BCUT2D eigenvalue weighted by molar-refractivity contribution is 5.82. The third-order valence-corrected chi connectivity index (χ3v) is 3.59. The summed E-state index contributed by atoms with van der Waals surface area (Å²) < 4.78 is 10.5. The van der Waals surface area contributed by atoms with E-state index in [0.717, 1.165) is 16.9 Å². The predicted molar refractivity (Wildman–Crippen MR) is 94.3 cm³/mol. The van der Waals surface area contributed by atoms with E-state index in [-0.39, 0.29) is 18.9 Å². The minimum atomic E-state index is -0.416. The SMILES string of the molecule is COc1ccc(CCC(=O)NNC(=O)COc2ccccc2C)cc1. The van der Waals surface area contributed by atoms with Crippen LogP contribution >= 0.6 is 0 Å². The Morgan fingerprint density at radius 1 is 0.960 bits per heavy atom. The minimum absolute atomic E-state index is 0.163. The maximum atomic E-state index is 11.8. The molecule has 25 heavy (non-hydrogen) atoms. The van der Waals surface area contributed by atoms with Crippen molar-refractivity contribution in [2.45, 2.75) is 19.8 Å². The highest BCUT2D eigenvalue weighted by Crippen LogP contribution is 2.15. The molecular weight excluding hydrogens is 320 g/mol. The maximum Gasteiger partial charge on any atom is 0.276 e. The summed E-state index contributed by atoms with van der Waals surface area (Å²) in [6, 6.07) is 14.9. The van der Waals surface area contributed by atoms with Crippen LogP contribution in [0.1, 0.15) is 17.5 Å². The number of benzene rings is 2. The van der Waals surface area contributed by atoms with Crippen LogP contribution in [0, 0.1) is 6.92 Å². The maximum absolute atomic E-state index is 11.8. The number of methoxy groups -OCH3 is 1. The molecule has 2 N–H and O–H groups in total. The van der Waals surface area contributed by atoms with Gasteiger partial charge in [0.15, 0.2) is 6.61 Å². The number of para-hydroxylation sites is 1. The van der Waals surface area contributed by atoms with E-state index in [1.54, 1.807) is 13.2 Å². The van der Waals surface area contributed by atoms with Gasteiger partial charge in [-0.2, -0.15) is 0 Å². The largest absolute Gasteiger partial charge is 0.497 e. The number of ether oxygens (including phenoxy) is 2. The van der Waals surface area contributed by atoms with Crippen LogP contribution in [0.5, 0.6) is 11.5 Å². The Balaban J connectivity index is 1.66. The molecule has 0 bridgehead atoms. The highest BCUT2D eigenvalue weighted by Gasteiger charge is 2.07. The average Bonchev–Trinajstić information content (AvgIpc) is 2.64. The van der Waals surface area contributed by atoms with E-state index in [0.29, 0.717) is 12.2 Å². The third-order valence-electron chi connectivity index (χ3n) is 3.59. The lowest BCUT2D eigenvalue weighted by molar-refractivity contribution is -0.130. The van der Waals surface area contributed by atoms with Crippen molar-refractivity contribution < 1.29 is 19.1 Å². The van der Waals surface area contributed by atoms with Crippen LogP contribution in [0.3, 0.4) is 0 Å². The van der Waals surface area contributed by atoms with E-state index in [1.807, 2.05) is 49.4 Å². The van der Waals surface area contributed by atoms with E-state index in [2.05, 4.69) is 10.9 Å². The molecule has 0 heterocycles. The Kier molecular flexibility index (Phi) is 6.83. The van der Waals surface area contributed by atoms with Gasteiger partial charge in [0.25, 0.3) is 5.91 Å². The standard InChI is InChI=1S/C19H22N2O4/c1-14-5-3-4-6-17(14)25-13-19(23)21-20-18(22)12-9-15-7-10-16(24-2)11-8-15/h3-8,10-11H,9,12-13H2,1-2H3,(H,20,22)(H,21,23). The van der Waals surface area contributed by atoms with Crippen molar-refractivity contribution in [3.05, 3.63) is 59.7 Å². The number of aryl methyl sites for hydroxylation is 2. The summed E-state index contributed by atoms with van der Waals surface area (Å²) in [6.07, 6.45) is 0.844. The fraction of sp³-hybridized carbons (Fsp3) is 0.263. The lowest BCUT2D eigenvalue weighted by Crippen LogP contribution is -2.43. The molecule has 0 fully saturated rings. The number of carbonyl (C=O) groups is 2. The Bertz CT molecular complexity index is 714. The van der Waals surface area contributed by atoms with Gasteiger partial charge >= 0.3 is 0 Å². The van der Waals surface area contributed by atoms with Gasteiger partial charge in [-0.3, -0.25) is 20.4 Å².